The fraction of sp³-hybridized carbons (Fsp3) is 0.379. The third-order valence-corrected chi connectivity index (χ3v) is 7.22. The van der Waals surface area contributed by atoms with E-state index in [-0.39, 0.29) is 37.1 Å². The lowest BCUT2D eigenvalue weighted by Crippen LogP contribution is -2.45. The Bertz CT molecular complexity index is 1440. The first kappa shape index (κ1) is 27.8. The number of nitrogens with zero attached hydrogens (tertiary/aromatic N) is 3. The molecule has 12 heteroatoms. The molecule has 3 aliphatic rings. The molecular weight excluding hydrogens is 530 g/mol. The topological polar surface area (TPSA) is 133 Å². The number of carbonyl (C=O) groups is 3. The zero-order chi connectivity index (χ0) is 28.9. The molecule has 4 bridgehead atoms. The van der Waals surface area contributed by atoms with Crippen molar-refractivity contribution in [3.05, 3.63) is 65.5 Å². The molecule has 0 unspecified atom stereocenters. The lowest BCUT2D eigenvalue weighted by molar-refractivity contribution is -0.130. The van der Waals surface area contributed by atoms with Crippen molar-refractivity contribution in [1.29, 1.82) is 0 Å². The maximum absolute atomic E-state index is 13.4. The third-order valence-electron chi connectivity index (χ3n) is 7.22. The van der Waals surface area contributed by atoms with Crippen LogP contribution >= 0.6 is 0 Å². The zero-order valence-corrected chi connectivity index (χ0v) is 23.2. The first-order chi connectivity index (χ1) is 19.8. The van der Waals surface area contributed by atoms with E-state index in [0.717, 1.165) is 11.3 Å². The predicted octanol–water partition coefficient (Wildman–Crippen LogP) is 1.47. The van der Waals surface area contributed by atoms with Crippen molar-refractivity contribution in [1.82, 2.24) is 25.3 Å². The van der Waals surface area contributed by atoms with Gasteiger partial charge in [0.15, 0.2) is 6.61 Å². The van der Waals surface area contributed by atoms with E-state index in [4.69, 9.17) is 18.9 Å². The largest absolute Gasteiger partial charge is 0.497 e. The van der Waals surface area contributed by atoms with Crippen LogP contribution in [0.25, 0.3) is 0 Å². The van der Waals surface area contributed by atoms with Gasteiger partial charge in [0.2, 0.25) is 5.91 Å². The van der Waals surface area contributed by atoms with Crippen molar-refractivity contribution in [3.63, 3.8) is 0 Å². The van der Waals surface area contributed by atoms with Gasteiger partial charge >= 0.3 is 0 Å². The molecule has 3 aliphatic heterocycles. The molecule has 12 nitrogen and oxygen atoms in total. The van der Waals surface area contributed by atoms with Crippen LogP contribution in [-0.4, -0.2) is 78.5 Å². The minimum Gasteiger partial charge on any atom is -0.497 e. The molecule has 0 saturated carbocycles. The molecule has 41 heavy (non-hydrogen) atoms. The van der Waals surface area contributed by atoms with Crippen LogP contribution in [0.2, 0.25) is 0 Å². The van der Waals surface area contributed by atoms with Crippen molar-refractivity contribution < 1.29 is 33.3 Å². The first-order valence-corrected chi connectivity index (χ1v) is 13.3. The molecule has 2 N–H and O–H groups in total. The Morgan fingerprint density at radius 2 is 1.93 bits per heavy atom. The monoisotopic (exact) mass is 563 g/mol. The molecule has 6 rings (SSSR count). The second-order valence-corrected chi connectivity index (χ2v) is 9.92. The number of carbonyl (C=O) groups excluding carboxylic acids is 3. The molecular formula is C29H33N5O7. The van der Waals surface area contributed by atoms with Crippen LogP contribution in [0.5, 0.6) is 23.0 Å². The van der Waals surface area contributed by atoms with Crippen LogP contribution in [-0.2, 0) is 29.6 Å². The van der Waals surface area contributed by atoms with E-state index in [1.807, 2.05) is 13.1 Å². The predicted molar refractivity (Wildman–Crippen MR) is 147 cm³/mol. The van der Waals surface area contributed by atoms with Gasteiger partial charge in [-0.2, -0.15) is 5.10 Å². The van der Waals surface area contributed by atoms with E-state index in [0.29, 0.717) is 42.4 Å². The summed E-state index contributed by atoms with van der Waals surface area (Å²) >= 11 is 0. The Balaban J connectivity index is 1.42. The van der Waals surface area contributed by atoms with Crippen LogP contribution in [0.3, 0.4) is 0 Å². The van der Waals surface area contributed by atoms with Crippen LogP contribution in [0, 0.1) is 0 Å². The fourth-order valence-corrected chi connectivity index (χ4v) is 4.94. The van der Waals surface area contributed by atoms with Gasteiger partial charge in [-0.05, 0) is 36.8 Å². The number of nitrogens with one attached hydrogen (secondary N) is 2. The summed E-state index contributed by atoms with van der Waals surface area (Å²) in [6.07, 6.45) is 2.04. The third kappa shape index (κ3) is 6.53. The molecule has 0 radical (unpaired) electrons. The van der Waals surface area contributed by atoms with E-state index in [9.17, 15) is 14.4 Å². The Labute approximate surface area is 237 Å². The summed E-state index contributed by atoms with van der Waals surface area (Å²) in [6, 6.07) is 11.4. The van der Waals surface area contributed by atoms with Gasteiger partial charge in [0.1, 0.15) is 29.1 Å². The molecule has 3 amide bonds. The summed E-state index contributed by atoms with van der Waals surface area (Å²) in [5.41, 5.74) is 2.00. The molecule has 1 aromatic heterocycles. The number of hydrogen-bond donors (Lipinski definition) is 2. The number of hydrogen-bond acceptors (Lipinski definition) is 8. The number of ether oxygens (including phenoxy) is 4. The quantitative estimate of drug-likeness (QED) is 0.477. The van der Waals surface area contributed by atoms with Crippen LogP contribution in [0.15, 0.2) is 48.7 Å². The highest BCUT2D eigenvalue weighted by atomic mass is 16.5. The number of benzene rings is 2. The summed E-state index contributed by atoms with van der Waals surface area (Å²) in [4.78, 5) is 40.8. The molecule has 2 atom stereocenters. The van der Waals surface area contributed by atoms with Gasteiger partial charge in [-0.1, -0.05) is 0 Å². The summed E-state index contributed by atoms with van der Waals surface area (Å²) in [5.74, 6) is 0.987. The van der Waals surface area contributed by atoms with E-state index in [2.05, 4.69) is 15.7 Å². The number of aromatic nitrogens is 2. The fourth-order valence-electron chi connectivity index (χ4n) is 4.94. The van der Waals surface area contributed by atoms with Gasteiger partial charge in [0, 0.05) is 61.7 Å². The number of aryl methyl sites for hydroxylation is 2. The van der Waals surface area contributed by atoms with Gasteiger partial charge in [0.05, 0.1) is 26.8 Å². The lowest BCUT2D eigenvalue weighted by Gasteiger charge is -2.22. The number of fused-ring (bicyclic) bond motifs is 7. The number of likely N-dealkylation sites (tertiary alicyclic amines) is 1. The maximum atomic E-state index is 13.4. The van der Waals surface area contributed by atoms with E-state index in [1.165, 1.54) is 14.2 Å². The Morgan fingerprint density at radius 1 is 1.07 bits per heavy atom. The lowest BCUT2D eigenvalue weighted by atomic mass is 10.1. The van der Waals surface area contributed by atoms with Gasteiger partial charge in [-0.25, -0.2) is 0 Å². The van der Waals surface area contributed by atoms with E-state index < -0.39 is 18.1 Å². The van der Waals surface area contributed by atoms with Crippen molar-refractivity contribution in [2.24, 2.45) is 7.05 Å². The summed E-state index contributed by atoms with van der Waals surface area (Å²) in [6.45, 7) is 0.543. The molecule has 0 spiro atoms. The van der Waals surface area contributed by atoms with Crippen molar-refractivity contribution in [2.75, 3.05) is 33.9 Å². The Hall–Kier alpha value is -4.74. The van der Waals surface area contributed by atoms with Crippen LogP contribution in [0.4, 0.5) is 0 Å². The maximum Gasteiger partial charge on any atom is 0.258 e. The van der Waals surface area contributed by atoms with Gasteiger partial charge in [-0.3, -0.25) is 19.1 Å². The van der Waals surface area contributed by atoms with Gasteiger partial charge < -0.3 is 34.5 Å². The van der Waals surface area contributed by atoms with Gasteiger partial charge in [0.25, 0.3) is 11.8 Å². The SMILES string of the molecule is COc1cc2cc(c1)C(=O)N[C@H]1CN(C(=O)CCc3ccnn3C)C[C@@H]1Oc1ccc(c(OC)c1)CNC(=O)CO2. The zero-order valence-electron chi connectivity index (χ0n) is 23.2. The van der Waals surface area contributed by atoms with E-state index in [1.54, 1.807) is 52.2 Å². The molecule has 0 aliphatic carbocycles. The van der Waals surface area contributed by atoms with Crippen molar-refractivity contribution in [3.8, 4) is 23.0 Å². The molecule has 2 aromatic carbocycles. The molecule has 4 heterocycles. The Morgan fingerprint density at radius 3 is 2.68 bits per heavy atom. The highest BCUT2D eigenvalue weighted by molar-refractivity contribution is 5.95. The summed E-state index contributed by atoms with van der Waals surface area (Å²) in [7, 11) is 4.87. The normalized spacial score (nSPS) is 18.9. The summed E-state index contributed by atoms with van der Waals surface area (Å²) in [5, 5.41) is 10.0. The number of rotatable bonds is 5. The number of methoxy groups -OCH3 is 2. The standard InChI is InChI=1S/C29H33N5O7/c1-33-20(8-9-31-33)5-7-28(36)34-15-24-26(16-34)41-21-6-4-18(25(13-21)39-3)14-30-27(35)17-40-23-11-19(29(37)32-24)10-22(12-23)38-2/h4,6,8-13,24,26H,5,7,14-17H2,1-3H3,(H,30,35)(H,32,37)/t24-,26-/m0/s1. The van der Waals surface area contributed by atoms with E-state index >= 15 is 0 Å². The average Bonchev–Trinajstić information content (AvgIpc) is 3.58. The van der Waals surface area contributed by atoms with Crippen molar-refractivity contribution in [2.45, 2.75) is 31.5 Å². The minimum atomic E-state index is -0.521. The van der Waals surface area contributed by atoms with Gasteiger partial charge in [-0.15, -0.1) is 0 Å². The second-order valence-electron chi connectivity index (χ2n) is 9.92. The number of amides is 3. The first-order valence-electron chi connectivity index (χ1n) is 13.3. The highest BCUT2D eigenvalue weighted by Gasteiger charge is 2.38. The minimum absolute atomic E-state index is 0.0422. The Kier molecular flexibility index (Phi) is 8.27. The second kappa shape index (κ2) is 12.2. The highest BCUT2D eigenvalue weighted by Crippen LogP contribution is 2.28. The molecule has 1 fully saturated rings. The summed E-state index contributed by atoms with van der Waals surface area (Å²) < 4.78 is 24.7. The molecule has 216 valence electrons. The smallest absolute Gasteiger partial charge is 0.258 e. The van der Waals surface area contributed by atoms with Crippen LogP contribution in [0.1, 0.15) is 28.0 Å². The van der Waals surface area contributed by atoms with Crippen molar-refractivity contribution >= 4 is 17.7 Å². The molecule has 3 aromatic rings. The molecule has 1 saturated heterocycles. The van der Waals surface area contributed by atoms with Crippen LogP contribution < -0.4 is 29.6 Å². The average molecular weight is 564 g/mol.